The maximum atomic E-state index is 13.3. The average molecular weight is 497 g/mol. The van der Waals surface area contributed by atoms with Gasteiger partial charge in [0, 0.05) is 31.5 Å². The molecule has 2 N–H and O–H groups in total. The number of piperidine rings is 1. The molecule has 2 aliphatic heterocycles. The first-order chi connectivity index (χ1) is 18.0. The Bertz CT molecular complexity index is 1150. The number of carbonyl (C=O) groups is 2. The van der Waals surface area contributed by atoms with Gasteiger partial charge in [-0.1, -0.05) is 91.0 Å². The molecule has 5 heteroatoms. The molecule has 0 aliphatic carbocycles. The Balaban J connectivity index is 1.24. The summed E-state index contributed by atoms with van der Waals surface area (Å²) in [5.74, 6) is 0.222. The molecule has 192 valence electrons. The van der Waals surface area contributed by atoms with Crippen molar-refractivity contribution in [3.05, 3.63) is 108 Å². The summed E-state index contributed by atoms with van der Waals surface area (Å²) in [5.41, 5.74) is 1.52. The van der Waals surface area contributed by atoms with Gasteiger partial charge >= 0.3 is 0 Å². The number of hydrogen-bond acceptors (Lipinski definition) is 3. The van der Waals surface area contributed by atoms with Crippen molar-refractivity contribution in [1.82, 2.24) is 10.2 Å². The smallest absolute Gasteiger partial charge is 0.222 e. The molecule has 5 rings (SSSR count). The lowest BCUT2D eigenvalue weighted by atomic mass is 9.72. The maximum Gasteiger partial charge on any atom is 0.222 e. The minimum absolute atomic E-state index is 0.0138. The Morgan fingerprint density at radius 2 is 1.43 bits per heavy atom. The number of nitrogens with zero attached hydrogens (tertiary/aromatic N) is 1. The topological polar surface area (TPSA) is 69.6 Å². The molecular formula is C32H36N2O3. The van der Waals surface area contributed by atoms with Crippen molar-refractivity contribution >= 4 is 11.8 Å². The van der Waals surface area contributed by atoms with Gasteiger partial charge in [0.1, 0.15) is 5.60 Å². The Labute approximate surface area is 219 Å². The molecule has 2 aliphatic rings. The number of hydrogen-bond donors (Lipinski definition) is 2. The monoisotopic (exact) mass is 496 g/mol. The number of nitrogens with one attached hydrogen (secondary N) is 1. The van der Waals surface area contributed by atoms with Crippen molar-refractivity contribution in [2.45, 2.75) is 56.1 Å². The van der Waals surface area contributed by atoms with E-state index in [1.807, 2.05) is 83.8 Å². The van der Waals surface area contributed by atoms with E-state index in [1.165, 1.54) is 5.56 Å². The Kier molecular flexibility index (Phi) is 7.43. The number of rotatable bonds is 8. The van der Waals surface area contributed by atoms with Crippen LogP contribution in [0.1, 0.15) is 55.2 Å². The number of aliphatic hydroxyl groups is 1. The molecule has 2 amide bonds. The Morgan fingerprint density at radius 1 is 0.892 bits per heavy atom. The van der Waals surface area contributed by atoms with Gasteiger partial charge < -0.3 is 15.3 Å². The van der Waals surface area contributed by atoms with Crippen LogP contribution in [0.4, 0.5) is 0 Å². The lowest BCUT2D eigenvalue weighted by molar-refractivity contribution is -0.134. The number of carbonyl (C=O) groups excluding carboxylic acids is 2. The molecule has 1 atom stereocenters. The standard InChI is InChI=1S/C32H36N2O3/c35-29-16-20-31(33-29,24-25-10-4-1-5-11-25)21-17-30(36)34-22-18-28(19-23-34)32(37,26-12-6-2-7-13-26)27-14-8-3-9-15-27/h1-15,28,37H,16-24H2,(H,33,35). The lowest BCUT2D eigenvalue weighted by Gasteiger charge is -2.42. The first-order valence-corrected chi connectivity index (χ1v) is 13.4. The second-order valence-corrected chi connectivity index (χ2v) is 10.6. The number of amides is 2. The predicted octanol–water partition coefficient (Wildman–Crippen LogP) is 4.83. The first kappa shape index (κ1) is 25.2. The third kappa shape index (κ3) is 5.47. The van der Waals surface area contributed by atoms with Gasteiger partial charge in [0.2, 0.25) is 11.8 Å². The van der Waals surface area contributed by atoms with Crippen LogP contribution in [0.5, 0.6) is 0 Å². The van der Waals surface area contributed by atoms with Crippen molar-refractivity contribution in [1.29, 1.82) is 0 Å². The first-order valence-electron chi connectivity index (χ1n) is 13.4. The van der Waals surface area contributed by atoms with Crippen molar-refractivity contribution in [3.8, 4) is 0 Å². The van der Waals surface area contributed by atoms with Gasteiger partial charge in [-0.05, 0) is 54.7 Å². The minimum atomic E-state index is -1.09. The zero-order chi connectivity index (χ0) is 25.7. The van der Waals surface area contributed by atoms with Gasteiger partial charge in [0.25, 0.3) is 0 Å². The third-order valence-electron chi connectivity index (χ3n) is 8.30. The van der Waals surface area contributed by atoms with Crippen molar-refractivity contribution < 1.29 is 14.7 Å². The highest BCUT2D eigenvalue weighted by atomic mass is 16.3. The second-order valence-electron chi connectivity index (χ2n) is 10.6. The zero-order valence-corrected chi connectivity index (χ0v) is 21.3. The maximum absolute atomic E-state index is 13.3. The van der Waals surface area contributed by atoms with E-state index in [2.05, 4.69) is 17.4 Å². The predicted molar refractivity (Wildman–Crippen MR) is 145 cm³/mol. The molecule has 3 aromatic rings. The summed E-state index contributed by atoms with van der Waals surface area (Å²) < 4.78 is 0. The van der Waals surface area contributed by atoms with Crippen LogP contribution >= 0.6 is 0 Å². The summed E-state index contributed by atoms with van der Waals surface area (Å²) in [7, 11) is 0. The van der Waals surface area contributed by atoms with Crippen molar-refractivity contribution in [2.75, 3.05) is 13.1 Å². The molecule has 0 aromatic heterocycles. The molecule has 3 aromatic carbocycles. The fourth-order valence-electron chi connectivity index (χ4n) is 6.24. The Morgan fingerprint density at radius 3 is 1.95 bits per heavy atom. The molecule has 0 radical (unpaired) electrons. The van der Waals surface area contributed by atoms with Gasteiger partial charge in [0.05, 0.1) is 0 Å². The van der Waals surface area contributed by atoms with E-state index in [1.54, 1.807) is 0 Å². The third-order valence-corrected chi connectivity index (χ3v) is 8.30. The summed E-state index contributed by atoms with van der Waals surface area (Å²) in [4.78, 5) is 27.4. The van der Waals surface area contributed by atoms with E-state index in [0.717, 1.165) is 36.8 Å². The van der Waals surface area contributed by atoms with Gasteiger partial charge in [-0.3, -0.25) is 9.59 Å². The molecule has 2 heterocycles. The van der Waals surface area contributed by atoms with E-state index < -0.39 is 5.60 Å². The van der Waals surface area contributed by atoms with Crippen LogP contribution in [0.15, 0.2) is 91.0 Å². The quantitative estimate of drug-likeness (QED) is 0.469. The van der Waals surface area contributed by atoms with E-state index in [0.29, 0.717) is 32.4 Å². The fourth-order valence-corrected chi connectivity index (χ4v) is 6.24. The van der Waals surface area contributed by atoms with Crippen LogP contribution in [0, 0.1) is 5.92 Å². The summed E-state index contributed by atoms with van der Waals surface area (Å²) in [5, 5.41) is 15.3. The second kappa shape index (κ2) is 10.9. The molecule has 2 fully saturated rings. The Hall–Kier alpha value is -3.44. The molecule has 2 saturated heterocycles. The molecule has 0 saturated carbocycles. The number of likely N-dealkylation sites (tertiary alicyclic amines) is 1. The summed E-state index contributed by atoms with van der Waals surface area (Å²) >= 11 is 0. The van der Waals surface area contributed by atoms with Crippen molar-refractivity contribution in [2.24, 2.45) is 5.92 Å². The molecule has 37 heavy (non-hydrogen) atoms. The normalized spacial score (nSPS) is 20.6. The van der Waals surface area contributed by atoms with Crippen LogP contribution in [0.2, 0.25) is 0 Å². The van der Waals surface area contributed by atoms with E-state index in [-0.39, 0.29) is 23.3 Å². The molecule has 0 spiro atoms. The summed E-state index contributed by atoms with van der Waals surface area (Å²) in [6.45, 7) is 1.26. The average Bonchev–Trinajstić information content (AvgIpc) is 3.33. The van der Waals surface area contributed by atoms with E-state index >= 15 is 0 Å². The van der Waals surface area contributed by atoms with Gasteiger partial charge in [0.15, 0.2) is 0 Å². The molecular weight excluding hydrogens is 460 g/mol. The summed E-state index contributed by atoms with van der Waals surface area (Å²) in [6.07, 6.45) is 4.55. The molecule has 5 nitrogen and oxygen atoms in total. The highest BCUT2D eigenvalue weighted by Gasteiger charge is 2.43. The van der Waals surface area contributed by atoms with Crippen LogP contribution in [0.25, 0.3) is 0 Å². The highest BCUT2D eigenvalue weighted by molar-refractivity contribution is 5.80. The van der Waals surface area contributed by atoms with Crippen LogP contribution < -0.4 is 5.32 Å². The van der Waals surface area contributed by atoms with Gasteiger partial charge in [-0.2, -0.15) is 0 Å². The lowest BCUT2D eigenvalue weighted by Crippen LogP contribution is -2.47. The van der Waals surface area contributed by atoms with E-state index in [9.17, 15) is 14.7 Å². The van der Waals surface area contributed by atoms with Crippen LogP contribution in [0.3, 0.4) is 0 Å². The minimum Gasteiger partial charge on any atom is -0.380 e. The molecule has 1 unspecified atom stereocenters. The fraction of sp³-hybridized carbons (Fsp3) is 0.375. The van der Waals surface area contributed by atoms with Crippen molar-refractivity contribution in [3.63, 3.8) is 0 Å². The zero-order valence-electron chi connectivity index (χ0n) is 21.3. The van der Waals surface area contributed by atoms with Gasteiger partial charge in [-0.25, -0.2) is 0 Å². The molecule has 0 bridgehead atoms. The SMILES string of the molecule is O=C1CCC(CCC(=O)N2CCC(C(O)(c3ccccc3)c3ccccc3)CC2)(Cc2ccccc2)N1. The highest BCUT2D eigenvalue weighted by Crippen LogP contribution is 2.42. The van der Waals surface area contributed by atoms with Gasteiger partial charge in [-0.15, -0.1) is 0 Å². The number of benzene rings is 3. The van der Waals surface area contributed by atoms with Crippen LogP contribution in [-0.4, -0.2) is 40.4 Å². The largest absolute Gasteiger partial charge is 0.380 e. The summed E-state index contributed by atoms with van der Waals surface area (Å²) in [6, 6.07) is 30.0. The van der Waals surface area contributed by atoms with E-state index in [4.69, 9.17) is 0 Å². The van der Waals surface area contributed by atoms with Crippen LogP contribution in [-0.2, 0) is 21.6 Å².